The maximum absolute atomic E-state index is 9.05. The predicted octanol–water partition coefficient (Wildman–Crippen LogP) is 3.69. The van der Waals surface area contributed by atoms with Crippen LogP contribution in [-0.2, 0) is 0 Å². The lowest BCUT2D eigenvalue weighted by Gasteiger charge is -1.99. The second kappa shape index (κ2) is 5.80. The first-order valence-corrected chi connectivity index (χ1v) is 6.96. The van der Waals surface area contributed by atoms with E-state index >= 15 is 0 Å². The smallest absolute Gasteiger partial charge is 0.174 e. The predicted molar refractivity (Wildman–Crippen MR) is 89.8 cm³/mol. The van der Waals surface area contributed by atoms with E-state index in [1.165, 1.54) is 0 Å². The zero-order valence-electron chi connectivity index (χ0n) is 11.5. The third kappa shape index (κ3) is 2.60. The number of nitriles is 1. The molecule has 0 aliphatic carbocycles. The third-order valence-corrected chi connectivity index (χ3v) is 3.45. The van der Waals surface area contributed by atoms with Crippen LogP contribution in [0.2, 0.25) is 0 Å². The SMILES string of the molecule is N#CC(=Cc1ccc2noc(-c3ccccc3)c2c1)C(N)=S. The van der Waals surface area contributed by atoms with Gasteiger partial charge in [-0.25, -0.2) is 0 Å². The molecule has 0 atom stereocenters. The Balaban J connectivity index is 2.14. The van der Waals surface area contributed by atoms with E-state index in [4.69, 9.17) is 27.7 Å². The molecule has 0 saturated carbocycles. The first-order chi connectivity index (χ1) is 10.7. The summed E-state index contributed by atoms with van der Waals surface area (Å²) in [7, 11) is 0. The van der Waals surface area contributed by atoms with Crippen molar-refractivity contribution < 1.29 is 4.52 Å². The normalized spacial score (nSPS) is 11.3. The second-order valence-electron chi connectivity index (χ2n) is 4.69. The van der Waals surface area contributed by atoms with Gasteiger partial charge in [0, 0.05) is 5.56 Å². The van der Waals surface area contributed by atoms with Gasteiger partial charge in [-0.2, -0.15) is 5.26 Å². The van der Waals surface area contributed by atoms with Crippen molar-refractivity contribution in [3.63, 3.8) is 0 Å². The molecule has 0 bridgehead atoms. The van der Waals surface area contributed by atoms with Crippen LogP contribution in [0.25, 0.3) is 28.3 Å². The number of nitrogens with two attached hydrogens (primary N) is 1. The van der Waals surface area contributed by atoms with Crippen molar-refractivity contribution in [3.05, 3.63) is 59.7 Å². The molecule has 0 aliphatic heterocycles. The molecule has 0 radical (unpaired) electrons. The fourth-order valence-electron chi connectivity index (χ4n) is 2.17. The first kappa shape index (κ1) is 14.0. The monoisotopic (exact) mass is 305 g/mol. The second-order valence-corrected chi connectivity index (χ2v) is 5.13. The van der Waals surface area contributed by atoms with E-state index < -0.39 is 0 Å². The van der Waals surface area contributed by atoms with Crippen LogP contribution in [0.4, 0.5) is 0 Å². The maximum atomic E-state index is 9.05. The Morgan fingerprint density at radius 2 is 2.00 bits per heavy atom. The van der Waals surface area contributed by atoms with Gasteiger partial charge in [0.25, 0.3) is 0 Å². The molecule has 4 nitrogen and oxygen atoms in total. The van der Waals surface area contributed by atoms with Crippen molar-refractivity contribution in [2.45, 2.75) is 0 Å². The van der Waals surface area contributed by atoms with E-state index in [9.17, 15) is 0 Å². The molecule has 2 N–H and O–H groups in total. The number of aromatic nitrogens is 1. The summed E-state index contributed by atoms with van der Waals surface area (Å²) >= 11 is 4.85. The highest BCUT2D eigenvalue weighted by Gasteiger charge is 2.11. The molecule has 0 amide bonds. The van der Waals surface area contributed by atoms with Gasteiger partial charge in [0.1, 0.15) is 16.6 Å². The molecule has 0 aliphatic rings. The summed E-state index contributed by atoms with van der Waals surface area (Å²) in [5, 5.41) is 14.0. The van der Waals surface area contributed by atoms with Gasteiger partial charge >= 0.3 is 0 Å². The molecular formula is C17H11N3OS. The van der Waals surface area contributed by atoms with Crippen LogP contribution in [0.1, 0.15) is 5.56 Å². The van der Waals surface area contributed by atoms with Crippen LogP contribution in [0.3, 0.4) is 0 Å². The van der Waals surface area contributed by atoms with Gasteiger partial charge in [0.2, 0.25) is 0 Å². The average molecular weight is 305 g/mol. The number of fused-ring (bicyclic) bond motifs is 1. The Morgan fingerprint density at radius 1 is 1.23 bits per heavy atom. The van der Waals surface area contributed by atoms with Crippen molar-refractivity contribution in [1.29, 1.82) is 5.26 Å². The summed E-state index contributed by atoms with van der Waals surface area (Å²) in [5.74, 6) is 0.694. The highest BCUT2D eigenvalue weighted by Crippen LogP contribution is 2.29. The van der Waals surface area contributed by atoms with Crippen LogP contribution in [0.5, 0.6) is 0 Å². The number of rotatable bonds is 3. The Hall–Kier alpha value is -2.97. The molecule has 2 aromatic carbocycles. The third-order valence-electron chi connectivity index (χ3n) is 3.23. The summed E-state index contributed by atoms with van der Waals surface area (Å²) in [6, 6.07) is 17.3. The Bertz CT molecular complexity index is 920. The molecule has 5 heteroatoms. The van der Waals surface area contributed by atoms with Gasteiger partial charge in [-0.3, -0.25) is 0 Å². The summed E-state index contributed by atoms with van der Waals surface area (Å²) < 4.78 is 5.45. The van der Waals surface area contributed by atoms with E-state index in [0.717, 1.165) is 22.0 Å². The molecular weight excluding hydrogens is 294 g/mol. The number of benzene rings is 2. The highest BCUT2D eigenvalue weighted by atomic mass is 32.1. The Morgan fingerprint density at radius 3 is 2.68 bits per heavy atom. The molecule has 3 aromatic rings. The Kier molecular flexibility index (Phi) is 3.69. The van der Waals surface area contributed by atoms with Gasteiger partial charge in [-0.05, 0) is 23.8 Å². The topological polar surface area (TPSA) is 75.8 Å². The Labute approximate surface area is 132 Å². The zero-order valence-corrected chi connectivity index (χ0v) is 12.3. The zero-order chi connectivity index (χ0) is 15.5. The quantitative estimate of drug-likeness (QED) is 0.454. The van der Waals surface area contributed by atoms with Gasteiger partial charge in [0.15, 0.2) is 5.76 Å². The molecule has 1 aromatic heterocycles. The van der Waals surface area contributed by atoms with Gasteiger partial charge in [0.05, 0.1) is 11.0 Å². The molecule has 1 heterocycles. The van der Waals surface area contributed by atoms with Crippen molar-refractivity contribution >= 4 is 34.2 Å². The fourth-order valence-corrected chi connectivity index (χ4v) is 2.28. The van der Waals surface area contributed by atoms with E-state index in [-0.39, 0.29) is 10.6 Å². The van der Waals surface area contributed by atoms with Gasteiger partial charge in [-0.15, -0.1) is 0 Å². The van der Waals surface area contributed by atoms with Crippen LogP contribution >= 0.6 is 12.2 Å². The molecule has 0 unspecified atom stereocenters. The van der Waals surface area contributed by atoms with Crippen LogP contribution < -0.4 is 5.73 Å². The molecule has 22 heavy (non-hydrogen) atoms. The van der Waals surface area contributed by atoms with Gasteiger partial charge < -0.3 is 10.3 Å². The molecule has 3 rings (SSSR count). The minimum Gasteiger partial charge on any atom is -0.389 e. The lowest BCUT2D eigenvalue weighted by Crippen LogP contribution is -2.09. The van der Waals surface area contributed by atoms with Crippen LogP contribution in [0.15, 0.2) is 58.6 Å². The number of thiocarbonyl (C=S) groups is 1. The van der Waals surface area contributed by atoms with E-state index in [1.807, 2.05) is 54.6 Å². The average Bonchev–Trinajstić information content (AvgIpc) is 2.96. The van der Waals surface area contributed by atoms with Crippen LogP contribution in [0, 0.1) is 11.3 Å². The van der Waals surface area contributed by atoms with E-state index in [1.54, 1.807) is 6.08 Å². The van der Waals surface area contributed by atoms with Crippen molar-refractivity contribution in [2.24, 2.45) is 5.73 Å². The number of hydrogen-bond donors (Lipinski definition) is 1. The number of nitrogens with zero attached hydrogens (tertiary/aromatic N) is 2. The van der Waals surface area contributed by atoms with Gasteiger partial charge in [-0.1, -0.05) is 53.8 Å². The summed E-state index contributed by atoms with van der Waals surface area (Å²) in [4.78, 5) is 0.0798. The fraction of sp³-hybridized carbons (Fsp3) is 0. The van der Waals surface area contributed by atoms with E-state index in [0.29, 0.717) is 5.76 Å². The lowest BCUT2D eigenvalue weighted by molar-refractivity contribution is 0.441. The largest absolute Gasteiger partial charge is 0.389 e. The van der Waals surface area contributed by atoms with Crippen molar-refractivity contribution in [3.8, 4) is 17.4 Å². The molecule has 0 fully saturated rings. The standard InChI is InChI=1S/C17H11N3OS/c18-10-13(17(19)22)8-11-6-7-15-14(9-11)16(21-20-15)12-4-2-1-3-5-12/h1-9H,(H2,19,22). The highest BCUT2D eigenvalue weighted by molar-refractivity contribution is 7.80. The minimum absolute atomic E-state index is 0.0798. The summed E-state index contributed by atoms with van der Waals surface area (Å²) in [6.45, 7) is 0. The summed E-state index contributed by atoms with van der Waals surface area (Å²) in [6.07, 6.45) is 1.66. The number of hydrogen-bond acceptors (Lipinski definition) is 4. The molecule has 0 spiro atoms. The van der Waals surface area contributed by atoms with E-state index in [2.05, 4.69) is 5.16 Å². The lowest BCUT2D eigenvalue weighted by atomic mass is 10.0. The maximum Gasteiger partial charge on any atom is 0.174 e. The molecule has 106 valence electrons. The molecule has 0 saturated heterocycles. The minimum atomic E-state index is 0.0798. The van der Waals surface area contributed by atoms with Crippen molar-refractivity contribution in [2.75, 3.05) is 0 Å². The van der Waals surface area contributed by atoms with Crippen LogP contribution in [-0.4, -0.2) is 10.1 Å². The summed E-state index contributed by atoms with van der Waals surface area (Å²) in [5.41, 5.74) is 8.31. The van der Waals surface area contributed by atoms with Crippen molar-refractivity contribution in [1.82, 2.24) is 5.16 Å². The first-order valence-electron chi connectivity index (χ1n) is 6.55.